The van der Waals surface area contributed by atoms with Gasteiger partial charge in [0.2, 0.25) is 10.0 Å². The SMILES string of the molecule is CC(=O)c1cccc(S(=O)(=O)NCCNc2cc(N3CCCC3)ncn2)c1. The highest BCUT2D eigenvalue weighted by Gasteiger charge is 2.16. The van der Waals surface area contributed by atoms with E-state index in [-0.39, 0.29) is 17.2 Å². The van der Waals surface area contributed by atoms with Gasteiger partial charge in [-0.05, 0) is 31.9 Å². The van der Waals surface area contributed by atoms with E-state index in [9.17, 15) is 13.2 Å². The number of hydrogen-bond donors (Lipinski definition) is 2. The molecule has 2 N–H and O–H groups in total. The van der Waals surface area contributed by atoms with Crippen molar-refractivity contribution < 1.29 is 13.2 Å². The maximum atomic E-state index is 12.4. The van der Waals surface area contributed by atoms with Gasteiger partial charge in [0.05, 0.1) is 4.90 Å². The number of carbonyl (C=O) groups is 1. The van der Waals surface area contributed by atoms with Gasteiger partial charge in [0, 0.05) is 37.8 Å². The molecule has 0 amide bonds. The number of Topliss-reactive ketones (excluding diaryl/α,β-unsaturated/α-hetero) is 1. The predicted octanol–water partition coefficient (Wildman–Crippen LogP) is 1.67. The minimum atomic E-state index is -3.68. The van der Waals surface area contributed by atoms with Crippen molar-refractivity contribution in [2.45, 2.75) is 24.7 Å². The molecule has 1 aliphatic rings. The second-order valence-electron chi connectivity index (χ2n) is 6.36. The fourth-order valence-corrected chi connectivity index (χ4v) is 3.98. The molecule has 0 bridgehead atoms. The monoisotopic (exact) mass is 389 g/mol. The number of nitrogens with one attached hydrogen (secondary N) is 2. The zero-order chi connectivity index (χ0) is 19.3. The largest absolute Gasteiger partial charge is 0.369 e. The second-order valence-corrected chi connectivity index (χ2v) is 8.13. The van der Waals surface area contributed by atoms with Crippen LogP contribution in [-0.2, 0) is 10.0 Å². The molecular formula is C18H23N5O3S. The summed E-state index contributed by atoms with van der Waals surface area (Å²) < 4.78 is 27.3. The van der Waals surface area contributed by atoms with Gasteiger partial charge in [0.25, 0.3) is 0 Å². The smallest absolute Gasteiger partial charge is 0.240 e. The minimum absolute atomic E-state index is 0.0774. The summed E-state index contributed by atoms with van der Waals surface area (Å²) in [5, 5.41) is 3.10. The highest BCUT2D eigenvalue weighted by molar-refractivity contribution is 7.89. The number of carbonyl (C=O) groups excluding carboxylic acids is 1. The number of hydrogen-bond acceptors (Lipinski definition) is 7. The van der Waals surface area contributed by atoms with E-state index in [0.29, 0.717) is 17.9 Å². The van der Waals surface area contributed by atoms with E-state index in [4.69, 9.17) is 0 Å². The van der Waals surface area contributed by atoms with Crippen LogP contribution in [-0.4, -0.2) is 50.3 Å². The van der Waals surface area contributed by atoms with E-state index in [1.165, 1.54) is 38.2 Å². The van der Waals surface area contributed by atoms with Gasteiger partial charge in [0.1, 0.15) is 18.0 Å². The Morgan fingerprint density at radius 3 is 2.67 bits per heavy atom. The van der Waals surface area contributed by atoms with Crippen LogP contribution in [0.25, 0.3) is 0 Å². The summed E-state index contributed by atoms with van der Waals surface area (Å²) in [6, 6.07) is 7.87. The third-order valence-electron chi connectivity index (χ3n) is 4.36. The zero-order valence-electron chi connectivity index (χ0n) is 15.2. The molecule has 3 rings (SSSR count). The lowest BCUT2D eigenvalue weighted by atomic mass is 10.2. The quantitative estimate of drug-likeness (QED) is 0.523. The fraction of sp³-hybridized carbons (Fsp3) is 0.389. The van der Waals surface area contributed by atoms with E-state index in [0.717, 1.165) is 18.9 Å². The lowest BCUT2D eigenvalue weighted by molar-refractivity contribution is 0.101. The lowest BCUT2D eigenvalue weighted by Crippen LogP contribution is -2.29. The normalized spacial score (nSPS) is 14.3. The topological polar surface area (TPSA) is 104 Å². The first-order valence-corrected chi connectivity index (χ1v) is 10.4. The maximum Gasteiger partial charge on any atom is 0.240 e. The molecule has 2 aromatic rings. The van der Waals surface area contributed by atoms with Crippen molar-refractivity contribution >= 4 is 27.4 Å². The molecule has 2 heterocycles. The molecule has 0 aliphatic carbocycles. The molecule has 144 valence electrons. The number of aromatic nitrogens is 2. The average Bonchev–Trinajstić information content (AvgIpc) is 3.20. The van der Waals surface area contributed by atoms with E-state index in [1.54, 1.807) is 12.1 Å². The summed E-state index contributed by atoms with van der Waals surface area (Å²) in [5.41, 5.74) is 0.367. The van der Waals surface area contributed by atoms with Crippen LogP contribution in [0.2, 0.25) is 0 Å². The van der Waals surface area contributed by atoms with Crippen LogP contribution in [0.15, 0.2) is 41.6 Å². The summed E-state index contributed by atoms with van der Waals surface area (Å²) in [6.45, 7) is 3.96. The standard InChI is InChI=1S/C18H23N5O3S/c1-14(24)15-5-4-6-16(11-15)27(25,26)22-8-7-19-17-12-18(21-13-20-17)23-9-2-3-10-23/h4-6,11-13,22H,2-3,7-10H2,1H3,(H,19,20,21). The summed E-state index contributed by atoms with van der Waals surface area (Å²) in [4.78, 5) is 22.2. The van der Waals surface area contributed by atoms with Crippen LogP contribution in [0.3, 0.4) is 0 Å². The van der Waals surface area contributed by atoms with Gasteiger partial charge >= 0.3 is 0 Å². The molecule has 8 nitrogen and oxygen atoms in total. The molecule has 0 radical (unpaired) electrons. The summed E-state index contributed by atoms with van der Waals surface area (Å²) >= 11 is 0. The minimum Gasteiger partial charge on any atom is -0.369 e. The number of sulfonamides is 1. The molecule has 0 spiro atoms. The average molecular weight is 389 g/mol. The number of benzene rings is 1. The van der Waals surface area contributed by atoms with Crippen LogP contribution in [0.4, 0.5) is 11.6 Å². The Hall–Kier alpha value is -2.52. The molecule has 1 fully saturated rings. The molecule has 9 heteroatoms. The molecule has 1 aromatic carbocycles. The molecule has 1 aliphatic heterocycles. The maximum absolute atomic E-state index is 12.4. The molecular weight excluding hydrogens is 366 g/mol. The number of rotatable bonds is 8. The Morgan fingerprint density at radius 1 is 1.15 bits per heavy atom. The van der Waals surface area contributed by atoms with Gasteiger partial charge in [-0.1, -0.05) is 12.1 Å². The van der Waals surface area contributed by atoms with Crippen molar-refractivity contribution in [2.24, 2.45) is 0 Å². The molecule has 1 saturated heterocycles. The van der Waals surface area contributed by atoms with E-state index < -0.39 is 10.0 Å². The Labute approximate surface area is 159 Å². The van der Waals surface area contributed by atoms with Crippen molar-refractivity contribution in [3.05, 3.63) is 42.2 Å². The second kappa shape index (κ2) is 8.45. The van der Waals surface area contributed by atoms with Crippen molar-refractivity contribution in [1.29, 1.82) is 0 Å². The van der Waals surface area contributed by atoms with E-state index >= 15 is 0 Å². The Bertz CT molecular complexity index is 911. The van der Waals surface area contributed by atoms with Crippen LogP contribution < -0.4 is 14.9 Å². The molecule has 1 aromatic heterocycles. The lowest BCUT2D eigenvalue weighted by Gasteiger charge is -2.16. The number of ketones is 1. The van der Waals surface area contributed by atoms with Gasteiger partial charge in [-0.15, -0.1) is 0 Å². The predicted molar refractivity (Wildman–Crippen MR) is 104 cm³/mol. The highest BCUT2D eigenvalue weighted by Crippen LogP contribution is 2.19. The third kappa shape index (κ3) is 5.01. The van der Waals surface area contributed by atoms with Crippen molar-refractivity contribution in [2.75, 3.05) is 36.4 Å². The number of anilines is 2. The van der Waals surface area contributed by atoms with Crippen LogP contribution in [0.5, 0.6) is 0 Å². The first kappa shape index (κ1) is 19.2. The molecule has 0 atom stereocenters. The van der Waals surface area contributed by atoms with E-state index in [2.05, 4.69) is 24.9 Å². The van der Waals surface area contributed by atoms with Crippen LogP contribution in [0.1, 0.15) is 30.1 Å². The van der Waals surface area contributed by atoms with Gasteiger partial charge in [-0.2, -0.15) is 0 Å². The highest BCUT2D eigenvalue weighted by atomic mass is 32.2. The zero-order valence-corrected chi connectivity index (χ0v) is 16.0. The van der Waals surface area contributed by atoms with Crippen molar-refractivity contribution in [3.63, 3.8) is 0 Å². The Morgan fingerprint density at radius 2 is 1.93 bits per heavy atom. The van der Waals surface area contributed by atoms with Gasteiger partial charge < -0.3 is 10.2 Å². The first-order valence-electron chi connectivity index (χ1n) is 8.87. The summed E-state index contributed by atoms with van der Waals surface area (Å²) in [6.07, 6.45) is 3.84. The van der Waals surface area contributed by atoms with E-state index in [1.807, 2.05) is 6.07 Å². The van der Waals surface area contributed by atoms with Gasteiger partial charge in [0.15, 0.2) is 5.78 Å². The van der Waals surface area contributed by atoms with Gasteiger partial charge in [-0.25, -0.2) is 23.1 Å². The molecule has 27 heavy (non-hydrogen) atoms. The molecule has 0 saturated carbocycles. The fourth-order valence-electron chi connectivity index (χ4n) is 2.90. The third-order valence-corrected chi connectivity index (χ3v) is 5.82. The molecule has 0 unspecified atom stereocenters. The Balaban J connectivity index is 1.54. The Kier molecular flexibility index (Phi) is 6.02. The number of nitrogens with zero attached hydrogens (tertiary/aromatic N) is 3. The summed E-state index contributed by atoms with van der Waals surface area (Å²) in [7, 11) is -3.68. The van der Waals surface area contributed by atoms with Gasteiger partial charge in [-0.3, -0.25) is 4.79 Å². The van der Waals surface area contributed by atoms with Crippen LogP contribution >= 0.6 is 0 Å². The van der Waals surface area contributed by atoms with Crippen molar-refractivity contribution in [1.82, 2.24) is 14.7 Å². The van der Waals surface area contributed by atoms with Crippen molar-refractivity contribution in [3.8, 4) is 0 Å². The summed E-state index contributed by atoms with van der Waals surface area (Å²) in [5.74, 6) is 1.36. The van der Waals surface area contributed by atoms with Crippen LogP contribution in [0, 0.1) is 0 Å². The first-order chi connectivity index (χ1) is 13.0.